The maximum atomic E-state index is 13.1. The molecule has 5 heteroatoms. The molecule has 1 unspecified atom stereocenters. The number of ether oxygens (including phenoxy) is 1. The lowest BCUT2D eigenvalue weighted by molar-refractivity contribution is -0.148. The van der Waals surface area contributed by atoms with E-state index >= 15 is 0 Å². The number of esters is 1. The molecule has 1 fully saturated rings. The maximum Gasteiger partial charge on any atom is 0.323 e. The van der Waals surface area contributed by atoms with E-state index < -0.39 is 6.10 Å². The van der Waals surface area contributed by atoms with Gasteiger partial charge in [0.25, 0.3) is 0 Å². The van der Waals surface area contributed by atoms with Crippen LogP contribution in [0.2, 0.25) is 0 Å². The molecular formula is C16H22FNO3. The van der Waals surface area contributed by atoms with E-state index in [1.54, 1.807) is 13.0 Å². The van der Waals surface area contributed by atoms with Gasteiger partial charge < -0.3 is 9.84 Å². The summed E-state index contributed by atoms with van der Waals surface area (Å²) in [7, 11) is 1.38. The number of hydrogen-bond donors (Lipinski definition) is 1. The van der Waals surface area contributed by atoms with Gasteiger partial charge in [-0.2, -0.15) is 0 Å². The van der Waals surface area contributed by atoms with E-state index in [-0.39, 0.29) is 17.8 Å². The van der Waals surface area contributed by atoms with Crippen molar-refractivity contribution in [1.29, 1.82) is 0 Å². The lowest BCUT2D eigenvalue weighted by atomic mass is 9.98. The summed E-state index contributed by atoms with van der Waals surface area (Å²) in [6.07, 6.45) is 2.00. The van der Waals surface area contributed by atoms with Gasteiger partial charge >= 0.3 is 5.97 Å². The fourth-order valence-electron chi connectivity index (χ4n) is 2.95. The SMILES string of the molecule is COC(=O)[C@H]1CCCCN1CC(O)c1ccc(F)cc1C. The van der Waals surface area contributed by atoms with Crippen molar-refractivity contribution in [2.24, 2.45) is 0 Å². The molecule has 1 heterocycles. The van der Waals surface area contributed by atoms with Crippen molar-refractivity contribution in [2.45, 2.75) is 38.3 Å². The third-order valence-corrected chi connectivity index (χ3v) is 4.09. The van der Waals surface area contributed by atoms with E-state index in [4.69, 9.17) is 4.74 Å². The summed E-state index contributed by atoms with van der Waals surface area (Å²) in [4.78, 5) is 13.8. The summed E-state index contributed by atoms with van der Waals surface area (Å²) in [5.41, 5.74) is 1.42. The van der Waals surface area contributed by atoms with E-state index in [0.717, 1.165) is 25.8 Å². The number of piperidine rings is 1. The number of hydrogen-bond acceptors (Lipinski definition) is 4. The molecule has 0 aliphatic carbocycles. The highest BCUT2D eigenvalue weighted by atomic mass is 19.1. The average molecular weight is 295 g/mol. The van der Waals surface area contributed by atoms with Crippen LogP contribution in [-0.2, 0) is 9.53 Å². The Hall–Kier alpha value is -1.46. The van der Waals surface area contributed by atoms with Crippen molar-refractivity contribution in [1.82, 2.24) is 4.90 Å². The number of methoxy groups -OCH3 is 1. The van der Waals surface area contributed by atoms with Crippen LogP contribution in [0.5, 0.6) is 0 Å². The molecule has 2 atom stereocenters. The smallest absolute Gasteiger partial charge is 0.323 e. The van der Waals surface area contributed by atoms with Crippen LogP contribution >= 0.6 is 0 Å². The zero-order valence-electron chi connectivity index (χ0n) is 12.5. The largest absolute Gasteiger partial charge is 0.468 e. The Kier molecular flexibility index (Phi) is 5.31. The summed E-state index contributed by atoms with van der Waals surface area (Å²) in [6.45, 7) is 2.89. The van der Waals surface area contributed by atoms with Crippen LogP contribution < -0.4 is 0 Å². The molecule has 1 aliphatic rings. The quantitative estimate of drug-likeness (QED) is 0.865. The van der Waals surface area contributed by atoms with Crippen molar-refractivity contribution in [3.63, 3.8) is 0 Å². The highest BCUT2D eigenvalue weighted by molar-refractivity contribution is 5.75. The van der Waals surface area contributed by atoms with Gasteiger partial charge in [0.2, 0.25) is 0 Å². The standard InChI is InChI=1S/C16H22FNO3/c1-11-9-12(17)6-7-13(11)15(19)10-18-8-4-3-5-14(18)16(20)21-2/h6-7,9,14-15,19H,3-5,8,10H2,1-2H3/t14-,15?/m1/s1. The molecule has 1 aromatic rings. The van der Waals surface area contributed by atoms with Gasteiger partial charge in [0.1, 0.15) is 11.9 Å². The third kappa shape index (κ3) is 3.80. The van der Waals surface area contributed by atoms with Crippen LogP contribution in [0.25, 0.3) is 0 Å². The second kappa shape index (κ2) is 7.00. The Morgan fingerprint density at radius 3 is 2.95 bits per heavy atom. The predicted molar refractivity (Wildman–Crippen MR) is 77.3 cm³/mol. The Morgan fingerprint density at radius 2 is 2.29 bits per heavy atom. The zero-order chi connectivity index (χ0) is 15.4. The number of aliphatic hydroxyl groups excluding tert-OH is 1. The Morgan fingerprint density at radius 1 is 1.52 bits per heavy atom. The van der Waals surface area contributed by atoms with Crippen LogP contribution in [0.15, 0.2) is 18.2 Å². The molecule has 0 saturated carbocycles. The molecule has 1 aliphatic heterocycles. The fraction of sp³-hybridized carbons (Fsp3) is 0.562. The minimum atomic E-state index is -0.740. The molecule has 1 saturated heterocycles. The van der Waals surface area contributed by atoms with Crippen LogP contribution in [0, 0.1) is 12.7 Å². The highest BCUT2D eigenvalue weighted by Gasteiger charge is 2.31. The summed E-state index contributed by atoms with van der Waals surface area (Å²) in [6, 6.07) is 4.07. The average Bonchev–Trinajstić information content (AvgIpc) is 2.46. The van der Waals surface area contributed by atoms with E-state index in [1.165, 1.54) is 19.2 Å². The first-order chi connectivity index (χ1) is 10.0. The topological polar surface area (TPSA) is 49.8 Å². The number of aliphatic hydroxyl groups is 1. The number of aryl methyl sites for hydroxylation is 1. The lowest BCUT2D eigenvalue weighted by Gasteiger charge is -2.35. The molecule has 0 bridgehead atoms. The summed E-state index contributed by atoms with van der Waals surface area (Å²) in [5, 5.41) is 10.4. The van der Waals surface area contributed by atoms with E-state index in [9.17, 15) is 14.3 Å². The molecular weight excluding hydrogens is 273 g/mol. The van der Waals surface area contributed by atoms with Crippen molar-refractivity contribution >= 4 is 5.97 Å². The van der Waals surface area contributed by atoms with Gasteiger partial charge in [0, 0.05) is 6.54 Å². The van der Waals surface area contributed by atoms with E-state index in [2.05, 4.69) is 0 Å². The molecule has 116 valence electrons. The first kappa shape index (κ1) is 15.9. The van der Waals surface area contributed by atoms with E-state index in [1.807, 2.05) is 4.90 Å². The number of likely N-dealkylation sites (tertiary alicyclic amines) is 1. The fourth-order valence-corrected chi connectivity index (χ4v) is 2.95. The molecule has 0 spiro atoms. The van der Waals surface area contributed by atoms with Crippen molar-refractivity contribution in [2.75, 3.05) is 20.2 Å². The number of halogens is 1. The Bertz CT molecular complexity index is 506. The second-order valence-corrected chi connectivity index (χ2v) is 5.55. The number of β-amino-alcohol motifs (C(OH)–C–C–N with tert-alkyl or cyclic N) is 1. The summed E-state index contributed by atoms with van der Waals surface area (Å²) in [5.74, 6) is -0.563. The highest BCUT2D eigenvalue weighted by Crippen LogP contribution is 2.24. The third-order valence-electron chi connectivity index (χ3n) is 4.09. The Labute approximate surface area is 124 Å². The molecule has 4 nitrogen and oxygen atoms in total. The normalized spacial score (nSPS) is 21.0. The second-order valence-electron chi connectivity index (χ2n) is 5.55. The minimum absolute atomic E-state index is 0.252. The number of carbonyl (C=O) groups excluding carboxylic acids is 1. The molecule has 0 radical (unpaired) electrons. The van der Waals surface area contributed by atoms with Gasteiger partial charge in [0.15, 0.2) is 0 Å². The molecule has 2 rings (SSSR count). The lowest BCUT2D eigenvalue weighted by Crippen LogP contribution is -2.46. The van der Waals surface area contributed by atoms with Crippen molar-refractivity contribution in [3.05, 3.63) is 35.1 Å². The number of carbonyl (C=O) groups is 1. The number of benzene rings is 1. The molecule has 21 heavy (non-hydrogen) atoms. The van der Waals surface area contributed by atoms with Crippen LogP contribution in [-0.4, -0.2) is 42.2 Å². The Balaban J connectivity index is 2.09. The monoisotopic (exact) mass is 295 g/mol. The van der Waals surface area contributed by atoms with Gasteiger partial charge in [-0.15, -0.1) is 0 Å². The van der Waals surface area contributed by atoms with Crippen LogP contribution in [0.1, 0.15) is 36.5 Å². The van der Waals surface area contributed by atoms with Gasteiger partial charge in [0.05, 0.1) is 13.2 Å². The minimum Gasteiger partial charge on any atom is -0.468 e. The van der Waals surface area contributed by atoms with Gasteiger partial charge in [-0.3, -0.25) is 9.69 Å². The van der Waals surface area contributed by atoms with Crippen LogP contribution in [0.3, 0.4) is 0 Å². The van der Waals surface area contributed by atoms with Gasteiger partial charge in [-0.05, 0) is 49.6 Å². The molecule has 1 N–H and O–H groups in total. The zero-order valence-corrected chi connectivity index (χ0v) is 12.5. The first-order valence-corrected chi connectivity index (χ1v) is 7.29. The predicted octanol–water partition coefficient (Wildman–Crippen LogP) is 2.20. The number of rotatable bonds is 4. The van der Waals surface area contributed by atoms with E-state index in [0.29, 0.717) is 17.7 Å². The maximum absolute atomic E-state index is 13.1. The van der Waals surface area contributed by atoms with Crippen molar-refractivity contribution in [3.8, 4) is 0 Å². The van der Waals surface area contributed by atoms with Crippen molar-refractivity contribution < 1.29 is 19.0 Å². The summed E-state index contributed by atoms with van der Waals surface area (Å²) < 4.78 is 18.0. The summed E-state index contributed by atoms with van der Waals surface area (Å²) >= 11 is 0. The van der Waals surface area contributed by atoms with Gasteiger partial charge in [-0.25, -0.2) is 4.39 Å². The van der Waals surface area contributed by atoms with Crippen LogP contribution in [0.4, 0.5) is 4.39 Å². The first-order valence-electron chi connectivity index (χ1n) is 7.29. The molecule has 0 aromatic heterocycles. The number of nitrogens with zero attached hydrogens (tertiary/aromatic N) is 1. The van der Waals surface area contributed by atoms with Gasteiger partial charge in [-0.1, -0.05) is 12.5 Å². The molecule has 1 aromatic carbocycles. The molecule has 0 amide bonds.